The van der Waals surface area contributed by atoms with Crippen LogP contribution >= 0.6 is 0 Å². The molecule has 4 aromatic rings. The fraction of sp³-hybridized carbons (Fsp3) is 0.250. The number of nitro benzene ring substituents is 2. The van der Waals surface area contributed by atoms with Crippen molar-refractivity contribution in [2.75, 3.05) is 0 Å². The van der Waals surface area contributed by atoms with Gasteiger partial charge in [0.15, 0.2) is 5.49 Å². The van der Waals surface area contributed by atoms with Gasteiger partial charge < -0.3 is 12.4 Å². The SMILES string of the molecule is CC(N=[N+]=c1c2cc([N+](=O)[O-])ccc2n(C)n1C)=NN=c1c2cc([N+](=O)[O-])ccc2n(C)n1C.[Cl-]. The molecule has 15 heteroatoms. The predicted octanol–water partition coefficient (Wildman–Crippen LogP) is -1.34. The molecule has 182 valence electrons. The van der Waals surface area contributed by atoms with Gasteiger partial charge in [0.2, 0.25) is 5.84 Å². The summed E-state index contributed by atoms with van der Waals surface area (Å²) in [7, 11) is 7.15. The number of benzene rings is 2. The molecule has 0 amide bonds. The van der Waals surface area contributed by atoms with Crippen LogP contribution in [0.3, 0.4) is 0 Å². The fourth-order valence-electron chi connectivity index (χ4n) is 3.65. The van der Waals surface area contributed by atoms with E-state index >= 15 is 0 Å². The van der Waals surface area contributed by atoms with E-state index in [4.69, 9.17) is 0 Å². The molecule has 0 saturated heterocycles. The van der Waals surface area contributed by atoms with Crippen molar-refractivity contribution in [1.29, 1.82) is 0 Å². The first kappa shape index (κ1) is 25.1. The molecule has 0 unspecified atom stereocenters. The third kappa shape index (κ3) is 4.35. The number of non-ortho nitro benzene ring substituents is 2. The molecule has 0 spiro atoms. The Kier molecular flexibility index (Phi) is 6.71. The van der Waals surface area contributed by atoms with Gasteiger partial charge in [-0.2, -0.15) is 0 Å². The van der Waals surface area contributed by atoms with E-state index in [-0.39, 0.29) is 29.6 Å². The van der Waals surface area contributed by atoms with Crippen molar-refractivity contribution in [2.45, 2.75) is 6.92 Å². The highest BCUT2D eigenvalue weighted by molar-refractivity contribution is 5.82. The Morgan fingerprint density at radius 1 is 0.829 bits per heavy atom. The first-order valence-corrected chi connectivity index (χ1v) is 10.0. The number of nitro groups is 2. The van der Waals surface area contributed by atoms with Crippen LogP contribution in [0.15, 0.2) is 51.7 Å². The highest BCUT2D eigenvalue weighted by Gasteiger charge is 2.18. The van der Waals surface area contributed by atoms with Crippen LogP contribution < -0.4 is 23.4 Å². The minimum absolute atomic E-state index is 0. The smallest absolute Gasteiger partial charge is 0.434 e. The lowest BCUT2D eigenvalue weighted by atomic mass is 10.2. The quantitative estimate of drug-likeness (QED) is 0.0851. The lowest BCUT2D eigenvalue weighted by Crippen LogP contribution is -3.00. The zero-order valence-corrected chi connectivity index (χ0v) is 20.2. The van der Waals surface area contributed by atoms with E-state index in [1.165, 1.54) is 24.3 Å². The van der Waals surface area contributed by atoms with Gasteiger partial charge in [-0.05, 0) is 12.1 Å². The molecule has 2 aromatic carbocycles. The Hall–Kier alpha value is -4.55. The molecule has 4 rings (SSSR count). The number of fused-ring (bicyclic) bond motifs is 2. The average molecular weight is 501 g/mol. The molecular formula is C20H21ClN10O4. The molecule has 0 aliphatic heterocycles. The number of rotatable bonds is 3. The maximum absolute atomic E-state index is 11.2. The summed E-state index contributed by atoms with van der Waals surface area (Å²) in [5.74, 6) is 0.227. The van der Waals surface area contributed by atoms with E-state index in [1.54, 1.807) is 51.9 Å². The van der Waals surface area contributed by atoms with Gasteiger partial charge in [0.1, 0.15) is 12.4 Å². The van der Waals surface area contributed by atoms with E-state index < -0.39 is 9.85 Å². The van der Waals surface area contributed by atoms with Gasteiger partial charge in [0, 0.05) is 57.4 Å². The van der Waals surface area contributed by atoms with Crippen LogP contribution in [0.5, 0.6) is 0 Å². The molecular weight excluding hydrogens is 480 g/mol. The molecule has 0 N–H and O–H groups in total. The molecule has 0 radical (unpaired) electrons. The van der Waals surface area contributed by atoms with E-state index in [9.17, 15) is 20.2 Å². The Morgan fingerprint density at radius 3 is 1.91 bits per heavy atom. The molecule has 0 aliphatic carbocycles. The van der Waals surface area contributed by atoms with Crippen molar-refractivity contribution in [1.82, 2.24) is 18.7 Å². The summed E-state index contributed by atoms with van der Waals surface area (Å²) in [4.78, 5) is 25.7. The summed E-state index contributed by atoms with van der Waals surface area (Å²) in [6.07, 6.45) is 0. The molecule has 35 heavy (non-hydrogen) atoms. The third-order valence-electron chi connectivity index (χ3n) is 5.65. The van der Waals surface area contributed by atoms with Gasteiger partial charge in [-0.3, -0.25) is 29.6 Å². The van der Waals surface area contributed by atoms with Gasteiger partial charge in [0.05, 0.1) is 26.3 Å². The van der Waals surface area contributed by atoms with Gasteiger partial charge in [-0.15, -0.1) is 14.9 Å². The molecule has 2 aromatic heterocycles. The maximum atomic E-state index is 11.2. The molecule has 0 fully saturated rings. The Labute approximate surface area is 203 Å². The van der Waals surface area contributed by atoms with Crippen LogP contribution in [0.4, 0.5) is 11.4 Å². The van der Waals surface area contributed by atoms with Gasteiger partial charge in [-0.25, -0.2) is 4.68 Å². The summed E-state index contributed by atoms with van der Waals surface area (Å²) in [5, 5.41) is 36.0. The van der Waals surface area contributed by atoms with Crippen LogP contribution in [-0.2, 0) is 28.2 Å². The number of nitrogens with zero attached hydrogens (tertiary/aromatic N) is 10. The standard InChI is InChI=1S/C20H21N10O4.ClH/c1-12(21-23-19-15-10-13(29(31)32)6-8-17(15)25(2)27(19)4)22-24-20-16-11-14(30(33)34)7-9-18(16)26(3)28(20)5;/h6-11H,1-5H3;1H/q+1;/p-1. The normalized spacial score (nSPS) is 12.0. The second-order valence-electron chi connectivity index (χ2n) is 7.61. The van der Waals surface area contributed by atoms with Crippen molar-refractivity contribution < 1.29 is 27.0 Å². The van der Waals surface area contributed by atoms with Crippen LogP contribution in [0.1, 0.15) is 6.92 Å². The summed E-state index contributed by atoms with van der Waals surface area (Å²) in [6.45, 7) is 1.61. The van der Waals surface area contributed by atoms with Crippen LogP contribution in [0, 0.1) is 20.2 Å². The molecule has 2 heterocycles. The van der Waals surface area contributed by atoms with Crippen molar-refractivity contribution in [2.24, 2.45) is 43.5 Å². The zero-order chi connectivity index (χ0) is 24.7. The lowest BCUT2D eigenvalue weighted by Gasteiger charge is -1.99. The Morgan fingerprint density at radius 2 is 1.34 bits per heavy atom. The van der Waals surface area contributed by atoms with Gasteiger partial charge >= 0.3 is 5.49 Å². The largest absolute Gasteiger partial charge is 1.00 e. The van der Waals surface area contributed by atoms with Crippen LogP contribution in [0.25, 0.3) is 21.8 Å². The number of amidine groups is 1. The molecule has 0 aliphatic rings. The number of hydrogen-bond acceptors (Lipinski definition) is 6. The summed E-state index contributed by atoms with van der Waals surface area (Å²) in [5.41, 5.74) is 2.25. The number of halogens is 1. The van der Waals surface area contributed by atoms with Gasteiger partial charge in [0.25, 0.3) is 11.4 Å². The first-order chi connectivity index (χ1) is 16.1. The second-order valence-corrected chi connectivity index (χ2v) is 7.61. The maximum Gasteiger partial charge on any atom is 0.434 e. The number of aryl methyl sites for hydroxylation is 2. The predicted molar refractivity (Wildman–Crippen MR) is 122 cm³/mol. The van der Waals surface area contributed by atoms with Gasteiger partial charge in [-0.1, -0.05) is 4.79 Å². The number of hydrogen-bond donors (Lipinski definition) is 0. The second kappa shape index (κ2) is 9.37. The Bertz CT molecular complexity index is 1710. The Balaban J connectivity index is 0.00000342. The fourth-order valence-corrected chi connectivity index (χ4v) is 3.65. The molecule has 0 atom stereocenters. The van der Waals surface area contributed by atoms with E-state index in [0.717, 1.165) is 11.0 Å². The van der Waals surface area contributed by atoms with E-state index in [1.807, 2.05) is 14.1 Å². The topological polar surface area (TPSA) is 157 Å². The highest BCUT2D eigenvalue weighted by atomic mass is 35.5. The summed E-state index contributed by atoms with van der Waals surface area (Å²) < 4.78 is 7.03. The molecule has 14 nitrogen and oxygen atoms in total. The van der Waals surface area contributed by atoms with Crippen molar-refractivity contribution in [3.8, 4) is 0 Å². The number of aromatic nitrogens is 4. The third-order valence-corrected chi connectivity index (χ3v) is 5.65. The van der Waals surface area contributed by atoms with Crippen molar-refractivity contribution in [3.05, 3.63) is 67.6 Å². The summed E-state index contributed by atoms with van der Waals surface area (Å²) >= 11 is 0. The van der Waals surface area contributed by atoms with Crippen molar-refractivity contribution >= 4 is 39.0 Å². The minimum Gasteiger partial charge on any atom is -1.00 e. The zero-order valence-electron chi connectivity index (χ0n) is 19.4. The monoisotopic (exact) mass is 500 g/mol. The first-order valence-electron chi connectivity index (χ1n) is 10.0. The average Bonchev–Trinajstić information content (AvgIpc) is 3.19. The summed E-state index contributed by atoms with van der Waals surface area (Å²) in [6, 6.07) is 9.07. The lowest BCUT2D eigenvalue weighted by molar-refractivity contribution is -0.384. The minimum atomic E-state index is -0.465. The highest BCUT2D eigenvalue weighted by Crippen LogP contribution is 2.19. The van der Waals surface area contributed by atoms with Crippen LogP contribution in [0.2, 0.25) is 0 Å². The van der Waals surface area contributed by atoms with E-state index in [0.29, 0.717) is 21.7 Å². The molecule has 0 bridgehead atoms. The van der Waals surface area contributed by atoms with E-state index in [2.05, 4.69) is 20.1 Å². The molecule has 0 saturated carbocycles. The van der Waals surface area contributed by atoms with Crippen molar-refractivity contribution in [3.63, 3.8) is 0 Å². The van der Waals surface area contributed by atoms with Crippen LogP contribution in [-0.4, -0.2) is 39.2 Å².